The monoisotopic (exact) mass is 380 g/mol. The number of hydrogen-bond donors (Lipinski definition) is 2. The molecule has 0 atom stereocenters. The Morgan fingerprint density at radius 3 is 2.74 bits per heavy atom. The van der Waals surface area contributed by atoms with E-state index in [1.54, 1.807) is 17.5 Å². The van der Waals surface area contributed by atoms with E-state index in [1.165, 1.54) is 5.56 Å². The maximum absolute atomic E-state index is 5.92. The Morgan fingerprint density at radius 2 is 1.96 bits per heavy atom. The second kappa shape index (κ2) is 10.3. The first-order valence-electron chi connectivity index (χ1n) is 8.99. The van der Waals surface area contributed by atoms with E-state index in [-0.39, 0.29) is 0 Å². The summed E-state index contributed by atoms with van der Waals surface area (Å²) in [6.45, 7) is 4.61. The summed E-state index contributed by atoms with van der Waals surface area (Å²) in [4.78, 5) is 9.02. The summed E-state index contributed by atoms with van der Waals surface area (Å²) in [5.41, 5.74) is 3.33. The zero-order valence-electron chi connectivity index (χ0n) is 15.4. The molecule has 0 aliphatic rings. The number of pyridine rings is 1. The summed E-state index contributed by atoms with van der Waals surface area (Å²) in [6.07, 6.45) is 1.75. The first-order valence-corrected chi connectivity index (χ1v) is 9.93. The number of nitrogens with one attached hydrogen (secondary N) is 2. The Balaban J connectivity index is 1.61. The van der Waals surface area contributed by atoms with Gasteiger partial charge in [0.05, 0.1) is 6.54 Å². The molecular formula is C21H24N4OS. The van der Waals surface area contributed by atoms with E-state index in [2.05, 4.69) is 44.4 Å². The van der Waals surface area contributed by atoms with Gasteiger partial charge in [-0.1, -0.05) is 36.4 Å². The first-order chi connectivity index (χ1) is 13.3. The van der Waals surface area contributed by atoms with E-state index < -0.39 is 0 Å². The zero-order valence-corrected chi connectivity index (χ0v) is 16.2. The molecule has 5 nitrogen and oxygen atoms in total. The molecule has 2 aromatic heterocycles. The molecule has 3 rings (SSSR count). The van der Waals surface area contributed by atoms with Crippen LogP contribution in [0.1, 0.15) is 23.6 Å². The van der Waals surface area contributed by atoms with Crippen molar-refractivity contribution in [3.8, 4) is 5.88 Å². The lowest BCUT2D eigenvalue weighted by Gasteiger charge is -2.14. The highest BCUT2D eigenvalue weighted by molar-refractivity contribution is 7.07. The van der Waals surface area contributed by atoms with Gasteiger partial charge in [0.2, 0.25) is 5.88 Å². The SMILES string of the molecule is CCNC(=NCc1ccsc1)NCc1cccnc1OCc1ccccc1. The van der Waals surface area contributed by atoms with Gasteiger partial charge in [-0.2, -0.15) is 11.3 Å². The third-order valence-electron chi connectivity index (χ3n) is 3.86. The summed E-state index contributed by atoms with van der Waals surface area (Å²) in [7, 11) is 0. The molecule has 0 aliphatic carbocycles. The lowest BCUT2D eigenvalue weighted by Crippen LogP contribution is -2.36. The lowest BCUT2D eigenvalue weighted by atomic mass is 10.2. The van der Waals surface area contributed by atoms with Crippen molar-refractivity contribution in [1.29, 1.82) is 0 Å². The van der Waals surface area contributed by atoms with Crippen molar-refractivity contribution >= 4 is 17.3 Å². The molecule has 27 heavy (non-hydrogen) atoms. The normalized spacial score (nSPS) is 11.2. The zero-order chi connectivity index (χ0) is 18.7. The third kappa shape index (κ3) is 6.11. The standard InChI is InChI=1S/C21H24N4OS/c1-2-22-21(24-13-18-10-12-27-16-18)25-14-19-9-6-11-23-20(19)26-15-17-7-4-3-5-8-17/h3-12,16H,2,13-15H2,1H3,(H2,22,24,25). The van der Waals surface area contributed by atoms with Crippen LogP contribution in [0, 0.1) is 0 Å². The molecule has 140 valence electrons. The van der Waals surface area contributed by atoms with Gasteiger partial charge in [-0.05, 0) is 40.9 Å². The van der Waals surface area contributed by atoms with Crippen LogP contribution in [0.2, 0.25) is 0 Å². The van der Waals surface area contributed by atoms with Crippen LogP contribution in [-0.2, 0) is 19.7 Å². The first kappa shape index (κ1) is 18.9. The van der Waals surface area contributed by atoms with Crippen LogP contribution in [0.4, 0.5) is 0 Å². The number of benzene rings is 1. The fourth-order valence-corrected chi connectivity index (χ4v) is 3.15. The van der Waals surface area contributed by atoms with Crippen LogP contribution < -0.4 is 15.4 Å². The predicted molar refractivity (Wildman–Crippen MR) is 111 cm³/mol. The largest absolute Gasteiger partial charge is 0.473 e. The van der Waals surface area contributed by atoms with Crippen molar-refractivity contribution in [2.75, 3.05) is 6.54 Å². The maximum Gasteiger partial charge on any atom is 0.218 e. The van der Waals surface area contributed by atoms with Gasteiger partial charge in [-0.15, -0.1) is 0 Å². The molecule has 0 amide bonds. The van der Waals surface area contributed by atoms with E-state index >= 15 is 0 Å². The number of guanidine groups is 1. The fourth-order valence-electron chi connectivity index (χ4n) is 2.49. The van der Waals surface area contributed by atoms with Gasteiger partial charge in [0, 0.05) is 24.8 Å². The van der Waals surface area contributed by atoms with Gasteiger partial charge in [0.15, 0.2) is 5.96 Å². The van der Waals surface area contributed by atoms with Gasteiger partial charge in [0.25, 0.3) is 0 Å². The lowest BCUT2D eigenvalue weighted by molar-refractivity contribution is 0.290. The molecule has 0 aliphatic heterocycles. The molecule has 1 aromatic carbocycles. The Kier molecular flexibility index (Phi) is 7.24. The van der Waals surface area contributed by atoms with Crippen molar-refractivity contribution < 1.29 is 4.74 Å². The molecule has 0 saturated carbocycles. The second-order valence-electron chi connectivity index (χ2n) is 5.92. The van der Waals surface area contributed by atoms with Gasteiger partial charge < -0.3 is 15.4 Å². The van der Waals surface area contributed by atoms with Crippen LogP contribution in [0.5, 0.6) is 5.88 Å². The number of hydrogen-bond acceptors (Lipinski definition) is 4. The Labute approximate surface area is 164 Å². The smallest absolute Gasteiger partial charge is 0.218 e. The quantitative estimate of drug-likeness (QED) is 0.458. The summed E-state index contributed by atoms with van der Waals surface area (Å²) < 4.78 is 5.92. The van der Waals surface area contributed by atoms with E-state index in [0.29, 0.717) is 25.6 Å². The highest BCUT2D eigenvalue weighted by atomic mass is 32.1. The van der Waals surface area contributed by atoms with E-state index in [0.717, 1.165) is 23.6 Å². The number of rotatable bonds is 8. The fraction of sp³-hybridized carbons (Fsp3) is 0.238. The molecule has 6 heteroatoms. The van der Waals surface area contributed by atoms with Crippen molar-refractivity contribution in [3.05, 3.63) is 82.2 Å². The molecule has 2 N–H and O–H groups in total. The summed E-state index contributed by atoms with van der Waals surface area (Å²) in [5, 5.41) is 10.8. The Hall–Kier alpha value is -2.86. The van der Waals surface area contributed by atoms with Gasteiger partial charge in [-0.25, -0.2) is 9.98 Å². The number of aromatic nitrogens is 1. The van der Waals surface area contributed by atoms with Gasteiger partial charge in [-0.3, -0.25) is 0 Å². The Bertz CT molecular complexity index is 834. The van der Waals surface area contributed by atoms with Crippen LogP contribution in [-0.4, -0.2) is 17.5 Å². The summed E-state index contributed by atoms with van der Waals surface area (Å²) in [6, 6.07) is 16.1. The van der Waals surface area contributed by atoms with Crippen molar-refractivity contribution in [1.82, 2.24) is 15.6 Å². The van der Waals surface area contributed by atoms with E-state index in [1.807, 2.05) is 42.5 Å². The van der Waals surface area contributed by atoms with Crippen LogP contribution in [0.15, 0.2) is 70.5 Å². The van der Waals surface area contributed by atoms with Crippen LogP contribution >= 0.6 is 11.3 Å². The van der Waals surface area contributed by atoms with Gasteiger partial charge in [0.1, 0.15) is 6.61 Å². The molecule has 3 aromatic rings. The highest BCUT2D eigenvalue weighted by Gasteiger charge is 2.06. The van der Waals surface area contributed by atoms with Crippen LogP contribution in [0.3, 0.4) is 0 Å². The van der Waals surface area contributed by atoms with Crippen LogP contribution in [0.25, 0.3) is 0 Å². The van der Waals surface area contributed by atoms with Crippen molar-refractivity contribution in [3.63, 3.8) is 0 Å². The molecule has 2 heterocycles. The van der Waals surface area contributed by atoms with E-state index in [4.69, 9.17) is 4.74 Å². The van der Waals surface area contributed by atoms with Crippen molar-refractivity contribution in [2.24, 2.45) is 4.99 Å². The average Bonchev–Trinajstić information content (AvgIpc) is 3.23. The molecule has 0 unspecified atom stereocenters. The summed E-state index contributed by atoms with van der Waals surface area (Å²) in [5.74, 6) is 1.42. The molecular weight excluding hydrogens is 356 g/mol. The molecule has 0 spiro atoms. The number of thiophene rings is 1. The number of ether oxygens (including phenoxy) is 1. The number of nitrogens with zero attached hydrogens (tertiary/aromatic N) is 2. The Morgan fingerprint density at radius 1 is 1.07 bits per heavy atom. The molecule has 0 saturated heterocycles. The molecule has 0 fully saturated rings. The minimum Gasteiger partial charge on any atom is -0.473 e. The second-order valence-corrected chi connectivity index (χ2v) is 6.70. The van der Waals surface area contributed by atoms with Crippen molar-refractivity contribution in [2.45, 2.75) is 26.6 Å². The molecule has 0 radical (unpaired) electrons. The highest BCUT2D eigenvalue weighted by Crippen LogP contribution is 2.16. The molecule has 0 bridgehead atoms. The minimum atomic E-state index is 0.497. The topological polar surface area (TPSA) is 58.5 Å². The predicted octanol–water partition coefficient (Wildman–Crippen LogP) is 3.98. The minimum absolute atomic E-state index is 0.497. The average molecular weight is 381 g/mol. The number of aliphatic imine (C=N–C) groups is 1. The third-order valence-corrected chi connectivity index (χ3v) is 4.59. The van der Waals surface area contributed by atoms with Gasteiger partial charge >= 0.3 is 0 Å². The van der Waals surface area contributed by atoms with E-state index in [9.17, 15) is 0 Å². The maximum atomic E-state index is 5.92. The summed E-state index contributed by atoms with van der Waals surface area (Å²) >= 11 is 1.69.